The average Bonchev–Trinajstić information content (AvgIpc) is 3.39. The lowest BCUT2D eigenvalue weighted by atomic mass is 9.96. The van der Waals surface area contributed by atoms with E-state index in [1.54, 1.807) is 0 Å². The third kappa shape index (κ3) is 3.34. The molecule has 0 radical (unpaired) electrons. The van der Waals surface area contributed by atoms with Gasteiger partial charge in [-0.3, -0.25) is 4.79 Å². The highest BCUT2D eigenvalue weighted by atomic mass is 16.2. The maximum atomic E-state index is 12.8. The molecule has 2 aromatic heterocycles. The zero-order valence-electron chi connectivity index (χ0n) is 16.5. The van der Waals surface area contributed by atoms with Crippen LogP contribution in [0, 0.1) is 12.8 Å². The summed E-state index contributed by atoms with van der Waals surface area (Å²) >= 11 is 0. The largest absolute Gasteiger partial charge is 0.361 e. The van der Waals surface area contributed by atoms with Crippen molar-refractivity contribution in [3.8, 4) is 0 Å². The Morgan fingerprint density at radius 1 is 1.18 bits per heavy atom. The molecular weight excluding hydrogens is 348 g/mol. The van der Waals surface area contributed by atoms with Crippen LogP contribution in [0.3, 0.4) is 0 Å². The highest BCUT2D eigenvalue weighted by Crippen LogP contribution is 2.40. The van der Waals surface area contributed by atoms with Crippen LogP contribution in [0.2, 0.25) is 0 Å². The molecule has 1 aromatic carbocycles. The fourth-order valence-electron chi connectivity index (χ4n) is 4.56. The standard InChI is InChI=1S/C23H28N4O/c1-16-13-25-23(18-6-7-18)27(16)15-17-8-10-26(11-9-17)22(28)12-19-14-24-21-5-3-2-4-20(19)21/h2-5,13-14,17-18,24H,6-12,15H2,1H3. The molecule has 5 nitrogen and oxygen atoms in total. The Kier molecular flexibility index (Phi) is 4.46. The molecule has 3 heterocycles. The maximum Gasteiger partial charge on any atom is 0.227 e. The molecule has 5 rings (SSSR count). The Hall–Kier alpha value is -2.56. The summed E-state index contributed by atoms with van der Waals surface area (Å²) in [7, 11) is 0. The van der Waals surface area contributed by atoms with E-state index in [9.17, 15) is 4.79 Å². The van der Waals surface area contributed by atoms with Crippen LogP contribution in [0.15, 0.2) is 36.7 Å². The molecule has 1 aliphatic heterocycles. The second-order valence-electron chi connectivity index (χ2n) is 8.50. The maximum absolute atomic E-state index is 12.8. The third-order valence-corrected chi connectivity index (χ3v) is 6.45. The van der Waals surface area contributed by atoms with Crippen molar-refractivity contribution >= 4 is 16.8 Å². The fraction of sp³-hybridized carbons (Fsp3) is 0.478. The number of para-hydroxylation sites is 1. The molecule has 0 unspecified atom stereocenters. The zero-order chi connectivity index (χ0) is 19.1. The van der Waals surface area contributed by atoms with Crippen LogP contribution in [0.4, 0.5) is 0 Å². The summed E-state index contributed by atoms with van der Waals surface area (Å²) in [5.74, 6) is 2.87. The number of H-pyrrole nitrogens is 1. The summed E-state index contributed by atoms with van der Waals surface area (Å²) in [6.07, 6.45) is 9.24. The highest BCUT2D eigenvalue weighted by molar-refractivity contribution is 5.88. The first kappa shape index (κ1) is 17.5. The molecule has 2 aliphatic rings. The van der Waals surface area contributed by atoms with Gasteiger partial charge >= 0.3 is 0 Å². The highest BCUT2D eigenvalue weighted by Gasteiger charge is 2.30. The van der Waals surface area contributed by atoms with E-state index in [4.69, 9.17) is 0 Å². The molecule has 1 N–H and O–H groups in total. The molecule has 3 aromatic rings. The van der Waals surface area contributed by atoms with E-state index in [1.807, 2.05) is 24.5 Å². The van der Waals surface area contributed by atoms with Gasteiger partial charge in [0.05, 0.1) is 6.42 Å². The van der Waals surface area contributed by atoms with E-state index in [0.29, 0.717) is 18.3 Å². The Balaban J connectivity index is 1.19. The summed E-state index contributed by atoms with van der Waals surface area (Å²) in [4.78, 5) is 22.8. The number of benzene rings is 1. The number of carbonyl (C=O) groups is 1. The van der Waals surface area contributed by atoms with Crippen molar-refractivity contribution in [1.29, 1.82) is 0 Å². The Morgan fingerprint density at radius 3 is 2.75 bits per heavy atom. The monoisotopic (exact) mass is 376 g/mol. The van der Waals surface area contributed by atoms with Crippen molar-refractivity contribution in [2.75, 3.05) is 13.1 Å². The van der Waals surface area contributed by atoms with Gasteiger partial charge in [-0.25, -0.2) is 4.98 Å². The van der Waals surface area contributed by atoms with Gasteiger partial charge in [-0.2, -0.15) is 0 Å². The zero-order valence-corrected chi connectivity index (χ0v) is 16.5. The number of carbonyl (C=O) groups excluding carboxylic acids is 1. The van der Waals surface area contributed by atoms with E-state index in [2.05, 4.69) is 38.5 Å². The number of rotatable bonds is 5. The number of aryl methyl sites for hydroxylation is 1. The van der Waals surface area contributed by atoms with Gasteiger partial charge in [0.2, 0.25) is 5.91 Å². The first-order chi connectivity index (χ1) is 13.7. The molecule has 1 saturated carbocycles. The lowest BCUT2D eigenvalue weighted by Crippen LogP contribution is -2.40. The van der Waals surface area contributed by atoms with Gasteiger partial charge in [0, 0.05) is 54.5 Å². The second kappa shape index (κ2) is 7.12. The molecule has 0 bridgehead atoms. The van der Waals surface area contributed by atoms with E-state index in [-0.39, 0.29) is 5.91 Å². The number of hydrogen-bond donors (Lipinski definition) is 1. The van der Waals surface area contributed by atoms with Gasteiger partial charge in [0.15, 0.2) is 0 Å². The number of fused-ring (bicyclic) bond motifs is 1. The molecule has 1 saturated heterocycles. The number of likely N-dealkylation sites (tertiary alicyclic amines) is 1. The smallest absolute Gasteiger partial charge is 0.227 e. The number of aromatic nitrogens is 3. The number of imidazole rings is 1. The van der Waals surface area contributed by atoms with Crippen molar-refractivity contribution in [1.82, 2.24) is 19.4 Å². The first-order valence-electron chi connectivity index (χ1n) is 10.5. The predicted molar refractivity (Wildman–Crippen MR) is 110 cm³/mol. The summed E-state index contributed by atoms with van der Waals surface area (Å²) in [6.45, 7) is 4.97. The SMILES string of the molecule is Cc1cnc(C2CC2)n1CC1CCN(C(=O)Cc2c[nH]c3ccccc23)CC1. The summed E-state index contributed by atoms with van der Waals surface area (Å²) in [5.41, 5.74) is 3.48. The van der Waals surface area contributed by atoms with E-state index >= 15 is 0 Å². The van der Waals surface area contributed by atoms with Gasteiger partial charge in [0.25, 0.3) is 0 Å². The second-order valence-corrected chi connectivity index (χ2v) is 8.50. The molecule has 0 spiro atoms. The number of hydrogen-bond acceptors (Lipinski definition) is 2. The van der Waals surface area contributed by atoms with Crippen molar-refractivity contribution in [2.45, 2.75) is 51.5 Å². The van der Waals surface area contributed by atoms with Crippen LogP contribution >= 0.6 is 0 Å². The molecule has 1 amide bonds. The van der Waals surface area contributed by atoms with Crippen LogP contribution in [0.5, 0.6) is 0 Å². The average molecular weight is 377 g/mol. The van der Waals surface area contributed by atoms with Gasteiger partial charge in [0.1, 0.15) is 5.82 Å². The van der Waals surface area contributed by atoms with Crippen molar-refractivity contribution < 1.29 is 4.79 Å². The molecule has 0 atom stereocenters. The van der Waals surface area contributed by atoms with Crippen LogP contribution < -0.4 is 0 Å². The van der Waals surface area contributed by atoms with Gasteiger partial charge in [-0.05, 0) is 50.2 Å². The summed E-state index contributed by atoms with van der Waals surface area (Å²) in [6, 6.07) is 8.20. The van der Waals surface area contributed by atoms with E-state index < -0.39 is 0 Å². The topological polar surface area (TPSA) is 53.9 Å². The normalized spacial score (nSPS) is 18.1. The Bertz CT molecular complexity index is 989. The van der Waals surface area contributed by atoms with Crippen LogP contribution in [0.1, 0.15) is 48.7 Å². The first-order valence-corrected chi connectivity index (χ1v) is 10.5. The van der Waals surface area contributed by atoms with Gasteiger partial charge in [-0.1, -0.05) is 18.2 Å². The van der Waals surface area contributed by atoms with Crippen LogP contribution in [-0.2, 0) is 17.8 Å². The van der Waals surface area contributed by atoms with E-state index in [1.165, 1.54) is 24.4 Å². The lowest BCUT2D eigenvalue weighted by Gasteiger charge is -2.32. The minimum atomic E-state index is 0.251. The van der Waals surface area contributed by atoms with Crippen molar-refractivity contribution in [3.05, 3.63) is 53.7 Å². The predicted octanol–water partition coefficient (Wildman–Crippen LogP) is 4.03. The quantitative estimate of drug-likeness (QED) is 0.731. The van der Waals surface area contributed by atoms with Crippen molar-refractivity contribution in [2.24, 2.45) is 5.92 Å². The van der Waals surface area contributed by atoms with Gasteiger partial charge in [-0.15, -0.1) is 0 Å². The van der Waals surface area contributed by atoms with Crippen LogP contribution in [0.25, 0.3) is 10.9 Å². The van der Waals surface area contributed by atoms with Crippen LogP contribution in [-0.4, -0.2) is 38.4 Å². The molecule has 2 fully saturated rings. The number of piperidine rings is 1. The lowest BCUT2D eigenvalue weighted by molar-refractivity contribution is -0.131. The fourth-order valence-corrected chi connectivity index (χ4v) is 4.56. The van der Waals surface area contributed by atoms with E-state index in [0.717, 1.165) is 48.9 Å². The van der Waals surface area contributed by atoms with Gasteiger partial charge < -0.3 is 14.5 Å². The Morgan fingerprint density at radius 2 is 1.96 bits per heavy atom. The third-order valence-electron chi connectivity index (χ3n) is 6.45. The number of amides is 1. The number of nitrogens with zero attached hydrogens (tertiary/aromatic N) is 3. The minimum absolute atomic E-state index is 0.251. The minimum Gasteiger partial charge on any atom is -0.361 e. The number of aromatic amines is 1. The summed E-state index contributed by atoms with van der Waals surface area (Å²) in [5, 5.41) is 1.16. The number of nitrogens with one attached hydrogen (secondary N) is 1. The van der Waals surface area contributed by atoms with Crippen molar-refractivity contribution in [3.63, 3.8) is 0 Å². The molecule has 28 heavy (non-hydrogen) atoms. The molecule has 1 aliphatic carbocycles. The molecular formula is C23H28N4O. The molecule has 5 heteroatoms. The Labute approximate surface area is 165 Å². The molecule has 146 valence electrons. The summed E-state index contributed by atoms with van der Waals surface area (Å²) < 4.78 is 2.44.